The lowest BCUT2D eigenvalue weighted by molar-refractivity contribution is 0.102. The molecule has 9 rings (SSSR count). The molecule has 3 nitrogen and oxygen atoms in total. The lowest BCUT2D eigenvalue weighted by Gasteiger charge is -2.38. The Morgan fingerprint density at radius 3 is 1.36 bits per heavy atom. The average molecular weight is 721 g/mol. The van der Waals surface area contributed by atoms with Gasteiger partial charge in [-0.3, -0.25) is 4.79 Å². The summed E-state index contributed by atoms with van der Waals surface area (Å²) in [7, 11) is 0. The second-order valence-corrected chi connectivity index (χ2v) is 14.0. The van der Waals surface area contributed by atoms with Crippen LogP contribution < -0.4 is 10.6 Å². The summed E-state index contributed by atoms with van der Waals surface area (Å²) < 4.78 is 0. The molecule has 256 valence electrons. The first-order chi connectivity index (χ1) is 26.0. The maximum Gasteiger partial charge on any atom is 0.256 e. The molecule has 0 fully saturated rings. The van der Waals surface area contributed by atoms with Gasteiger partial charge in [0.2, 0.25) is 0 Å². The van der Waals surface area contributed by atoms with Crippen LogP contribution in [0.25, 0.3) is 32.3 Å². The van der Waals surface area contributed by atoms with Crippen molar-refractivity contribution in [1.82, 2.24) is 0 Å². The summed E-state index contributed by atoms with van der Waals surface area (Å²) in [5, 5.41) is 13.7. The van der Waals surface area contributed by atoms with Crippen molar-refractivity contribution < 1.29 is 4.79 Å². The van der Waals surface area contributed by atoms with E-state index in [2.05, 4.69) is 181 Å². The molecule has 0 aliphatic heterocycles. The van der Waals surface area contributed by atoms with Gasteiger partial charge in [-0.2, -0.15) is 0 Å². The number of rotatable bonds is 7. The van der Waals surface area contributed by atoms with Crippen LogP contribution in [0.15, 0.2) is 204 Å². The van der Waals surface area contributed by atoms with E-state index < -0.39 is 5.54 Å². The zero-order valence-corrected chi connectivity index (χ0v) is 30.6. The molecule has 9 aromatic rings. The van der Waals surface area contributed by atoms with E-state index in [-0.39, 0.29) is 5.91 Å². The Morgan fingerprint density at radius 2 is 0.849 bits per heavy atom. The van der Waals surface area contributed by atoms with Crippen LogP contribution in [0.3, 0.4) is 0 Å². The van der Waals surface area contributed by atoms with Crippen molar-refractivity contribution in [2.75, 3.05) is 10.6 Å². The molecule has 0 aromatic heterocycles. The molecule has 0 radical (unpaired) electrons. The molecule has 0 saturated heterocycles. The van der Waals surface area contributed by atoms with Crippen molar-refractivity contribution in [2.45, 2.75) is 15.3 Å². The summed E-state index contributed by atoms with van der Waals surface area (Å²) in [6, 6.07) is 66.1. The molecule has 0 atom stereocenters. The van der Waals surface area contributed by atoms with Gasteiger partial charge in [0.1, 0.15) is 5.54 Å². The first-order valence-corrected chi connectivity index (χ1v) is 18.4. The van der Waals surface area contributed by atoms with E-state index in [0.717, 1.165) is 37.3 Å². The fraction of sp³-hybridized carbons (Fsp3) is 0.0208. The lowest BCUT2D eigenvalue weighted by atomic mass is 9.77. The van der Waals surface area contributed by atoms with Crippen LogP contribution in [-0.2, 0) is 5.54 Å². The smallest absolute Gasteiger partial charge is 0.256 e. The normalized spacial score (nSPS) is 11.3. The van der Waals surface area contributed by atoms with Crippen molar-refractivity contribution in [1.29, 1.82) is 0 Å². The van der Waals surface area contributed by atoms with Crippen molar-refractivity contribution in [3.8, 4) is 0 Å². The van der Waals surface area contributed by atoms with Crippen LogP contribution >= 0.6 is 25.3 Å². The number of benzene rings is 9. The van der Waals surface area contributed by atoms with E-state index >= 15 is 0 Å². The van der Waals surface area contributed by atoms with Gasteiger partial charge in [-0.1, -0.05) is 140 Å². The van der Waals surface area contributed by atoms with Crippen molar-refractivity contribution >= 4 is 74.9 Å². The maximum atomic E-state index is 12.9. The van der Waals surface area contributed by atoms with Crippen LogP contribution in [0.1, 0.15) is 27.0 Å². The van der Waals surface area contributed by atoms with Crippen LogP contribution in [0.4, 0.5) is 11.4 Å². The van der Waals surface area contributed by atoms with Gasteiger partial charge < -0.3 is 10.6 Å². The fourth-order valence-corrected chi connectivity index (χ4v) is 7.52. The van der Waals surface area contributed by atoms with Crippen LogP contribution in [0, 0.1) is 0 Å². The highest BCUT2D eigenvalue weighted by atomic mass is 32.1. The highest BCUT2D eigenvalue weighted by Crippen LogP contribution is 2.40. The Kier molecular flexibility index (Phi) is 9.60. The number of carbonyl (C=O) groups is 1. The Morgan fingerprint density at radius 1 is 0.415 bits per heavy atom. The molecular weight excluding hydrogens is 685 g/mol. The minimum atomic E-state index is -0.498. The SMILES string of the molecule is O=C(Nc1ccc(S)cc1)c1ccc2ccc3cccc4ccc1c2c34.Sc1ccc(NC(c2ccccc2)(c2ccccc2)c2ccccc2)cc1. The van der Waals surface area contributed by atoms with Gasteiger partial charge in [-0.05, 0) is 104 Å². The molecule has 0 bridgehead atoms. The third-order valence-electron chi connectivity index (χ3n) is 9.72. The molecule has 0 spiro atoms. The molecule has 2 N–H and O–H groups in total. The molecular formula is C48H36N2OS2. The summed E-state index contributed by atoms with van der Waals surface area (Å²) in [6.45, 7) is 0. The second kappa shape index (κ2) is 14.9. The van der Waals surface area contributed by atoms with E-state index in [4.69, 9.17) is 0 Å². The van der Waals surface area contributed by atoms with Crippen LogP contribution in [0.5, 0.6) is 0 Å². The van der Waals surface area contributed by atoms with Gasteiger partial charge in [0, 0.05) is 26.7 Å². The predicted molar refractivity (Wildman–Crippen MR) is 228 cm³/mol. The van der Waals surface area contributed by atoms with E-state index in [1.54, 1.807) is 0 Å². The molecule has 53 heavy (non-hydrogen) atoms. The molecule has 0 aliphatic rings. The third kappa shape index (κ3) is 6.85. The molecule has 5 heteroatoms. The summed E-state index contributed by atoms with van der Waals surface area (Å²) in [4.78, 5) is 14.7. The quantitative estimate of drug-likeness (QED) is 0.0752. The summed E-state index contributed by atoms with van der Waals surface area (Å²) in [6.07, 6.45) is 0. The number of thiol groups is 2. The number of carbonyl (C=O) groups excluding carboxylic acids is 1. The van der Waals surface area contributed by atoms with E-state index in [9.17, 15) is 4.79 Å². The number of anilines is 2. The number of nitrogens with one attached hydrogen (secondary N) is 2. The Labute approximate surface area is 320 Å². The van der Waals surface area contributed by atoms with Gasteiger partial charge >= 0.3 is 0 Å². The Balaban J connectivity index is 0.000000151. The maximum absolute atomic E-state index is 12.9. The molecule has 0 unspecified atom stereocenters. The number of amides is 1. The molecule has 0 saturated carbocycles. The number of hydrogen-bond donors (Lipinski definition) is 4. The van der Waals surface area contributed by atoms with Crippen molar-refractivity contribution in [2.24, 2.45) is 0 Å². The number of hydrogen-bond acceptors (Lipinski definition) is 4. The first-order valence-electron chi connectivity index (χ1n) is 17.5. The van der Waals surface area contributed by atoms with Gasteiger partial charge in [-0.25, -0.2) is 0 Å². The summed E-state index contributed by atoms with van der Waals surface area (Å²) in [5.74, 6) is -0.102. The van der Waals surface area contributed by atoms with Gasteiger partial charge in [0.25, 0.3) is 5.91 Å². The van der Waals surface area contributed by atoms with Gasteiger partial charge in [0.15, 0.2) is 0 Å². The zero-order chi connectivity index (χ0) is 36.2. The Hall–Kier alpha value is -6.01. The van der Waals surface area contributed by atoms with Crippen molar-refractivity contribution in [3.05, 3.63) is 216 Å². The third-order valence-corrected chi connectivity index (χ3v) is 10.3. The van der Waals surface area contributed by atoms with Crippen LogP contribution in [0.2, 0.25) is 0 Å². The minimum absolute atomic E-state index is 0.102. The standard InChI is InChI=1S/C25H21NS.C23H15NOS/c27-24-18-16-23(17-19-24)26-25(20-10-4-1-5-11-20,21-12-6-2-7-13-21)22-14-8-3-9-15-22;25-23(24-17-8-10-18(26)11-9-17)20-13-7-16-5-4-14-2-1-3-15-6-12-19(20)22(16)21(14)15/h1-19,26-27H;1-13,26H,(H,24,25). The zero-order valence-electron chi connectivity index (χ0n) is 28.8. The summed E-state index contributed by atoms with van der Waals surface area (Å²) >= 11 is 8.71. The Bertz CT molecular complexity index is 2520. The predicted octanol–water partition coefficient (Wildman–Crippen LogP) is 12.5. The van der Waals surface area contributed by atoms with E-state index in [0.29, 0.717) is 5.56 Å². The van der Waals surface area contributed by atoms with E-state index in [1.807, 2.05) is 48.5 Å². The molecule has 0 aliphatic carbocycles. The monoisotopic (exact) mass is 720 g/mol. The first kappa shape index (κ1) is 34.1. The highest BCUT2D eigenvalue weighted by molar-refractivity contribution is 7.80. The fourth-order valence-electron chi connectivity index (χ4n) is 7.22. The highest BCUT2D eigenvalue weighted by Gasteiger charge is 2.36. The molecule has 1 amide bonds. The van der Waals surface area contributed by atoms with Gasteiger partial charge in [-0.15, -0.1) is 25.3 Å². The lowest BCUT2D eigenvalue weighted by Crippen LogP contribution is -2.38. The average Bonchev–Trinajstić information content (AvgIpc) is 3.22. The topological polar surface area (TPSA) is 41.1 Å². The van der Waals surface area contributed by atoms with E-state index in [1.165, 1.54) is 32.8 Å². The van der Waals surface area contributed by atoms with Crippen molar-refractivity contribution in [3.63, 3.8) is 0 Å². The summed E-state index contributed by atoms with van der Waals surface area (Å²) in [5.41, 5.74) is 5.57. The van der Waals surface area contributed by atoms with Gasteiger partial charge in [0.05, 0.1) is 0 Å². The molecule has 9 aromatic carbocycles. The second-order valence-electron chi connectivity index (χ2n) is 13.0. The molecule has 0 heterocycles. The largest absolute Gasteiger partial charge is 0.368 e. The van der Waals surface area contributed by atoms with Crippen LogP contribution in [-0.4, -0.2) is 5.91 Å². The minimum Gasteiger partial charge on any atom is -0.368 e.